The number of rotatable bonds is 5. The van der Waals surface area contributed by atoms with Crippen LogP contribution in [0.1, 0.15) is 24.5 Å². The van der Waals surface area contributed by atoms with Crippen molar-refractivity contribution in [1.29, 1.82) is 0 Å². The van der Waals surface area contributed by atoms with E-state index in [4.69, 9.17) is 4.74 Å². The zero-order valence-corrected chi connectivity index (χ0v) is 13.9. The highest BCUT2D eigenvalue weighted by atomic mass is 19.1. The number of phenols is 1. The number of hydrogen-bond donors (Lipinski definition) is 2. The van der Waals surface area contributed by atoms with E-state index in [1.54, 1.807) is 6.07 Å². The highest BCUT2D eigenvalue weighted by Crippen LogP contribution is 2.29. The van der Waals surface area contributed by atoms with Crippen LogP contribution in [0.15, 0.2) is 48.5 Å². The Bertz CT molecular complexity index is 725. The topological polar surface area (TPSA) is 33.9 Å². The number of nitrogens with one attached hydrogen (secondary N) is 1. The summed E-state index contributed by atoms with van der Waals surface area (Å²) < 4.78 is 18.5. The minimum absolute atomic E-state index is 0.202. The minimum Gasteiger partial charge on any atom is -0.504 e. The molecular formula is C20H23FNO2+. The van der Waals surface area contributed by atoms with E-state index in [0.29, 0.717) is 12.4 Å². The molecule has 0 aliphatic carbocycles. The lowest BCUT2D eigenvalue weighted by molar-refractivity contribution is -0.908. The first-order chi connectivity index (χ1) is 11.7. The van der Waals surface area contributed by atoms with Crippen molar-refractivity contribution in [3.8, 4) is 11.5 Å². The van der Waals surface area contributed by atoms with Crippen molar-refractivity contribution in [2.45, 2.75) is 19.9 Å². The van der Waals surface area contributed by atoms with Crippen LogP contribution in [-0.4, -0.2) is 24.8 Å². The number of hydrogen-bond acceptors (Lipinski definition) is 2. The van der Waals surface area contributed by atoms with Crippen molar-refractivity contribution < 1.29 is 19.1 Å². The van der Waals surface area contributed by atoms with Crippen LogP contribution in [0.25, 0.3) is 5.57 Å². The van der Waals surface area contributed by atoms with Gasteiger partial charge < -0.3 is 14.7 Å². The summed E-state index contributed by atoms with van der Waals surface area (Å²) in [6.07, 6.45) is 3.17. The second kappa shape index (κ2) is 7.49. The molecule has 0 fully saturated rings. The molecule has 1 atom stereocenters. The fourth-order valence-electron chi connectivity index (χ4n) is 3.12. The van der Waals surface area contributed by atoms with E-state index in [1.807, 2.05) is 31.2 Å². The lowest BCUT2D eigenvalue weighted by Gasteiger charge is -2.24. The number of halogens is 1. The monoisotopic (exact) mass is 328 g/mol. The number of aromatic hydroxyl groups is 1. The van der Waals surface area contributed by atoms with Gasteiger partial charge in [0.15, 0.2) is 11.5 Å². The van der Waals surface area contributed by atoms with Gasteiger partial charge in [0, 0.05) is 6.42 Å². The molecular weight excluding hydrogens is 305 g/mol. The third-order valence-corrected chi connectivity index (χ3v) is 4.42. The zero-order chi connectivity index (χ0) is 16.9. The van der Waals surface area contributed by atoms with E-state index in [1.165, 1.54) is 22.6 Å². The normalized spacial score (nSPS) is 17.4. The second-order valence-corrected chi connectivity index (χ2v) is 6.06. The molecule has 0 radical (unpaired) electrons. The number of phenolic OH excluding ortho intramolecular Hbond substituents is 1. The Hall–Kier alpha value is -2.33. The fraction of sp³-hybridized carbons (Fsp3) is 0.300. The van der Waals surface area contributed by atoms with Crippen molar-refractivity contribution in [1.82, 2.24) is 0 Å². The summed E-state index contributed by atoms with van der Waals surface area (Å²) in [5, 5.41) is 10.3. The fourth-order valence-corrected chi connectivity index (χ4v) is 3.12. The van der Waals surface area contributed by atoms with Gasteiger partial charge in [0.2, 0.25) is 0 Å². The van der Waals surface area contributed by atoms with Gasteiger partial charge in [-0.1, -0.05) is 18.2 Å². The van der Waals surface area contributed by atoms with E-state index >= 15 is 0 Å². The molecule has 2 aromatic rings. The summed E-state index contributed by atoms with van der Waals surface area (Å²) in [5.74, 6) is 0.598. The van der Waals surface area contributed by atoms with Gasteiger partial charge >= 0.3 is 0 Å². The molecule has 3 rings (SSSR count). The maximum Gasteiger partial charge on any atom is 0.166 e. The van der Waals surface area contributed by atoms with Crippen molar-refractivity contribution in [3.63, 3.8) is 0 Å². The number of ether oxygens (including phenoxy) is 1. The largest absolute Gasteiger partial charge is 0.504 e. The van der Waals surface area contributed by atoms with Gasteiger partial charge in [-0.3, -0.25) is 0 Å². The zero-order valence-electron chi connectivity index (χ0n) is 13.9. The van der Waals surface area contributed by atoms with Crippen LogP contribution in [0.4, 0.5) is 4.39 Å². The molecule has 1 heterocycles. The summed E-state index contributed by atoms with van der Waals surface area (Å²) in [4.78, 5) is 1.39. The van der Waals surface area contributed by atoms with E-state index in [9.17, 15) is 9.50 Å². The first kappa shape index (κ1) is 16.5. The van der Waals surface area contributed by atoms with Crippen molar-refractivity contribution in [3.05, 3.63) is 65.5 Å². The molecule has 2 aromatic carbocycles. The minimum atomic E-state index is -0.202. The van der Waals surface area contributed by atoms with Gasteiger partial charge in [0.25, 0.3) is 0 Å². The molecule has 1 unspecified atom stereocenters. The quantitative estimate of drug-likeness (QED) is 0.885. The van der Waals surface area contributed by atoms with Crippen LogP contribution in [-0.2, 0) is 6.54 Å². The van der Waals surface area contributed by atoms with E-state index in [-0.39, 0.29) is 11.6 Å². The highest BCUT2D eigenvalue weighted by molar-refractivity contribution is 5.65. The summed E-state index contributed by atoms with van der Waals surface area (Å²) in [5.41, 5.74) is 3.28. The molecule has 0 saturated carbocycles. The summed E-state index contributed by atoms with van der Waals surface area (Å²) in [6, 6.07) is 12.3. The van der Waals surface area contributed by atoms with Crippen molar-refractivity contribution in [2.24, 2.45) is 0 Å². The molecule has 126 valence electrons. The van der Waals surface area contributed by atoms with Gasteiger partial charge in [0.1, 0.15) is 12.4 Å². The lowest BCUT2D eigenvalue weighted by atomic mass is 9.99. The number of benzene rings is 2. The van der Waals surface area contributed by atoms with Crippen LogP contribution < -0.4 is 9.64 Å². The maximum atomic E-state index is 13.0. The average Bonchev–Trinajstić information content (AvgIpc) is 2.60. The molecule has 0 amide bonds. The van der Waals surface area contributed by atoms with Gasteiger partial charge in [0.05, 0.1) is 25.3 Å². The predicted molar refractivity (Wildman–Crippen MR) is 92.7 cm³/mol. The maximum absolute atomic E-state index is 13.0. The smallest absolute Gasteiger partial charge is 0.166 e. The summed E-state index contributed by atoms with van der Waals surface area (Å²) in [6.45, 7) is 5.09. The number of quaternary nitrogens is 1. The molecule has 4 heteroatoms. The Morgan fingerprint density at radius 3 is 2.62 bits per heavy atom. The third-order valence-electron chi connectivity index (χ3n) is 4.42. The molecule has 24 heavy (non-hydrogen) atoms. The molecule has 0 spiro atoms. The summed E-state index contributed by atoms with van der Waals surface area (Å²) >= 11 is 0. The number of para-hydroxylation sites is 1. The molecule has 3 nitrogen and oxygen atoms in total. The molecule has 0 saturated heterocycles. The predicted octanol–water partition coefficient (Wildman–Crippen LogP) is 2.80. The lowest BCUT2D eigenvalue weighted by Crippen LogP contribution is -3.11. The van der Waals surface area contributed by atoms with Gasteiger partial charge in [-0.15, -0.1) is 0 Å². The van der Waals surface area contributed by atoms with Gasteiger partial charge in [-0.05, 0) is 48.4 Å². The molecule has 1 aliphatic heterocycles. The Balaban J connectivity index is 1.67. The standard InChI is InChI=1S/C20H22FNO2/c1-2-24-19-5-3-4-17(20(19)23)14-22-12-10-16(11-13-22)15-6-8-18(21)9-7-15/h3-10,23H,2,11-14H2,1H3/p+1. The van der Waals surface area contributed by atoms with Crippen LogP contribution in [0.3, 0.4) is 0 Å². The van der Waals surface area contributed by atoms with E-state index in [0.717, 1.165) is 37.2 Å². The Morgan fingerprint density at radius 2 is 1.96 bits per heavy atom. The van der Waals surface area contributed by atoms with Crippen LogP contribution in [0.2, 0.25) is 0 Å². The van der Waals surface area contributed by atoms with E-state index < -0.39 is 0 Å². The van der Waals surface area contributed by atoms with Crippen LogP contribution in [0.5, 0.6) is 11.5 Å². The van der Waals surface area contributed by atoms with Crippen molar-refractivity contribution in [2.75, 3.05) is 19.7 Å². The first-order valence-electron chi connectivity index (χ1n) is 8.39. The Kier molecular flexibility index (Phi) is 5.16. The molecule has 2 N–H and O–H groups in total. The van der Waals surface area contributed by atoms with Crippen LogP contribution >= 0.6 is 0 Å². The molecule has 1 aliphatic rings. The van der Waals surface area contributed by atoms with Gasteiger partial charge in [-0.2, -0.15) is 0 Å². The SMILES string of the molecule is CCOc1cccc(C[NH+]2CC=C(c3ccc(F)cc3)CC2)c1O. The second-order valence-electron chi connectivity index (χ2n) is 6.06. The third kappa shape index (κ3) is 3.77. The Labute approximate surface area is 142 Å². The summed E-state index contributed by atoms with van der Waals surface area (Å²) in [7, 11) is 0. The first-order valence-corrected chi connectivity index (χ1v) is 8.39. The highest BCUT2D eigenvalue weighted by Gasteiger charge is 2.19. The molecule has 0 bridgehead atoms. The van der Waals surface area contributed by atoms with E-state index in [2.05, 4.69) is 6.08 Å². The Morgan fingerprint density at radius 1 is 1.17 bits per heavy atom. The van der Waals surface area contributed by atoms with Crippen molar-refractivity contribution >= 4 is 5.57 Å². The van der Waals surface area contributed by atoms with Gasteiger partial charge in [-0.25, -0.2) is 4.39 Å². The van der Waals surface area contributed by atoms with Crippen LogP contribution in [0, 0.1) is 5.82 Å². The molecule has 0 aromatic heterocycles. The average molecular weight is 328 g/mol.